The van der Waals surface area contributed by atoms with E-state index in [0.29, 0.717) is 28.4 Å². The Bertz CT molecular complexity index is 747. The molecule has 1 heterocycles. The molecule has 116 valence electrons. The zero-order valence-corrected chi connectivity index (χ0v) is 13.3. The average Bonchev–Trinajstić information content (AvgIpc) is 2.84. The van der Waals surface area contributed by atoms with Crippen molar-refractivity contribution >= 4 is 11.6 Å². The standard InChI is InChI=1S/C16H18N2O4/c1-9-15(10(2)19)16(11(3)20)17-18(9)13-8-12(21-4)6-7-14(13)22-5/h6-8H,1-5H3. The van der Waals surface area contributed by atoms with Gasteiger partial charge in [-0.05, 0) is 26.0 Å². The highest BCUT2D eigenvalue weighted by atomic mass is 16.5. The van der Waals surface area contributed by atoms with Gasteiger partial charge in [0.1, 0.15) is 22.9 Å². The molecule has 0 aliphatic rings. The summed E-state index contributed by atoms with van der Waals surface area (Å²) in [5, 5.41) is 4.30. The second kappa shape index (κ2) is 6.01. The molecule has 6 nitrogen and oxygen atoms in total. The minimum Gasteiger partial charge on any atom is -0.497 e. The zero-order valence-electron chi connectivity index (χ0n) is 13.3. The summed E-state index contributed by atoms with van der Waals surface area (Å²) in [6.07, 6.45) is 0. The van der Waals surface area contributed by atoms with Gasteiger partial charge in [0.25, 0.3) is 0 Å². The van der Waals surface area contributed by atoms with E-state index in [2.05, 4.69) is 5.10 Å². The number of methoxy groups -OCH3 is 2. The van der Waals surface area contributed by atoms with Gasteiger partial charge in [-0.1, -0.05) is 0 Å². The molecule has 1 aromatic carbocycles. The Labute approximate surface area is 128 Å². The molecule has 0 unspecified atom stereocenters. The highest BCUT2D eigenvalue weighted by molar-refractivity contribution is 6.06. The fraction of sp³-hybridized carbons (Fsp3) is 0.312. The van der Waals surface area contributed by atoms with Gasteiger partial charge < -0.3 is 9.47 Å². The summed E-state index contributed by atoms with van der Waals surface area (Å²) >= 11 is 0. The molecule has 0 amide bonds. The normalized spacial score (nSPS) is 10.4. The lowest BCUT2D eigenvalue weighted by Gasteiger charge is -2.12. The number of nitrogens with zero attached hydrogens (tertiary/aromatic N) is 2. The maximum Gasteiger partial charge on any atom is 0.180 e. The number of rotatable bonds is 5. The van der Waals surface area contributed by atoms with Crippen LogP contribution in [0, 0.1) is 6.92 Å². The van der Waals surface area contributed by atoms with Crippen LogP contribution in [-0.4, -0.2) is 35.6 Å². The number of carbonyl (C=O) groups excluding carboxylic acids is 2. The molecule has 2 aromatic rings. The number of ether oxygens (including phenoxy) is 2. The van der Waals surface area contributed by atoms with Crippen LogP contribution in [0.3, 0.4) is 0 Å². The smallest absolute Gasteiger partial charge is 0.180 e. The van der Waals surface area contributed by atoms with E-state index in [4.69, 9.17) is 9.47 Å². The average molecular weight is 302 g/mol. The fourth-order valence-electron chi connectivity index (χ4n) is 2.37. The third-order valence-corrected chi connectivity index (χ3v) is 3.42. The Hall–Kier alpha value is -2.63. The Kier molecular flexibility index (Phi) is 4.30. The first-order valence-corrected chi connectivity index (χ1v) is 6.74. The molecule has 1 aromatic heterocycles. The van der Waals surface area contributed by atoms with Gasteiger partial charge in [-0.3, -0.25) is 9.59 Å². The van der Waals surface area contributed by atoms with E-state index >= 15 is 0 Å². The number of ketones is 2. The van der Waals surface area contributed by atoms with Crippen LogP contribution in [0.2, 0.25) is 0 Å². The minimum absolute atomic E-state index is 0.162. The van der Waals surface area contributed by atoms with Gasteiger partial charge in [0.2, 0.25) is 0 Å². The largest absolute Gasteiger partial charge is 0.497 e. The first kappa shape index (κ1) is 15.8. The van der Waals surface area contributed by atoms with Crippen molar-refractivity contribution < 1.29 is 19.1 Å². The van der Waals surface area contributed by atoms with Crippen molar-refractivity contribution in [3.8, 4) is 17.2 Å². The van der Waals surface area contributed by atoms with Gasteiger partial charge in [0.15, 0.2) is 11.6 Å². The van der Waals surface area contributed by atoms with Crippen LogP contribution in [0.5, 0.6) is 11.5 Å². The van der Waals surface area contributed by atoms with Crippen LogP contribution < -0.4 is 9.47 Å². The van der Waals surface area contributed by atoms with Gasteiger partial charge in [0.05, 0.1) is 25.5 Å². The number of carbonyl (C=O) groups is 2. The lowest BCUT2D eigenvalue weighted by Crippen LogP contribution is -2.04. The van der Waals surface area contributed by atoms with Gasteiger partial charge in [-0.15, -0.1) is 0 Å². The Balaban J connectivity index is 2.75. The molecule has 6 heteroatoms. The molecule has 0 saturated carbocycles. The van der Waals surface area contributed by atoms with E-state index in [1.807, 2.05) is 0 Å². The quantitative estimate of drug-likeness (QED) is 0.794. The van der Waals surface area contributed by atoms with Gasteiger partial charge in [0, 0.05) is 13.0 Å². The van der Waals surface area contributed by atoms with E-state index in [9.17, 15) is 9.59 Å². The fourth-order valence-corrected chi connectivity index (χ4v) is 2.37. The molecule has 0 saturated heterocycles. The summed E-state index contributed by atoms with van der Waals surface area (Å²) in [7, 11) is 3.10. The van der Waals surface area contributed by atoms with Crippen molar-refractivity contribution in [1.29, 1.82) is 0 Å². The minimum atomic E-state index is -0.256. The summed E-state index contributed by atoms with van der Waals surface area (Å²) in [6.45, 7) is 4.56. The van der Waals surface area contributed by atoms with E-state index in [1.165, 1.54) is 18.5 Å². The second-order valence-corrected chi connectivity index (χ2v) is 4.87. The maximum absolute atomic E-state index is 11.9. The highest BCUT2D eigenvalue weighted by Crippen LogP contribution is 2.30. The SMILES string of the molecule is COc1ccc(OC)c(-n2nc(C(C)=O)c(C(C)=O)c2C)c1. The Morgan fingerprint density at radius 3 is 2.23 bits per heavy atom. The lowest BCUT2D eigenvalue weighted by molar-refractivity contribution is 0.0978. The van der Waals surface area contributed by atoms with E-state index in [-0.39, 0.29) is 17.3 Å². The molecule has 22 heavy (non-hydrogen) atoms. The Morgan fingerprint density at radius 2 is 1.77 bits per heavy atom. The molecule has 2 rings (SSSR count). The van der Waals surface area contributed by atoms with Crippen LogP contribution in [0.4, 0.5) is 0 Å². The van der Waals surface area contributed by atoms with E-state index in [1.54, 1.807) is 39.3 Å². The molecule has 0 spiro atoms. The van der Waals surface area contributed by atoms with Crippen LogP contribution in [0.25, 0.3) is 5.69 Å². The van der Waals surface area contributed by atoms with Crippen molar-refractivity contribution in [2.24, 2.45) is 0 Å². The first-order chi connectivity index (χ1) is 10.4. The predicted octanol–water partition coefficient (Wildman–Crippen LogP) is 2.60. The third kappa shape index (κ3) is 2.59. The number of hydrogen-bond acceptors (Lipinski definition) is 5. The molecule has 0 aliphatic carbocycles. The molecular weight excluding hydrogens is 284 g/mol. The van der Waals surface area contributed by atoms with Crippen molar-refractivity contribution in [2.75, 3.05) is 14.2 Å². The molecule has 0 N–H and O–H groups in total. The summed E-state index contributed by atoms with van der Waals surface area (Å²) in [4.78, 5) is 23.6. The number of benzene rings is 1. The highest BCUT2D eigenvalue weighted by Gasteiger charge is 2.23. The molecule has 0 fully saturated rings. The van der Waals surface area contributed by atoms with E-state index in [0.717, 1.165) is 0 Å². The summed E-state index contributed by atoms with van der Waals surface area (Å²) in [6, 6.07) is 5.25. The van der Waals surface area contributed by atoms with Gasteiger partial charge >= 0.3 is 0 Å². The Morgan fingerprint density at radius 1 is 1.09 bits per heavy atom. The number of Topliss-reactive ketones (excluding diaryl/α,β-unsaturated/α-hetero) is 2. The van der Waals surface area contributed by atoms with Crippen LogP contribution >= 0.6 is 0 Å². The van der Waals surface area contributed by atoms with Crippen molar-refractivity contribution in [3.05, 3.63) is 35.2 Å². The van der Waals surface area contributed by atoms with Crippen molar-refractivity contribution in [3.63, 3.8) is 0 Å². The van der Waals surface area contributed by atoms with Gasteiger partial charge in [-0.25, -0.2) is 4.68 Å². The van der Waals surface area contributed by atoms with Crippen molar-refractivity contribution in [1.82, 2.24) is 9.78 Å². The lowest BCUT2D eigenvalue weighted by atomic mass is 10.1. The molecule has 0 aliphatic heterocycles. The van der Waals surface area contributed by atoms with Gasteiger partial charge in [-0.2, -0.15) is 5.10 Å². The summed E-state index contributed by atoms with van der Waals surface area (Å²) in [5.74, 6) is 0.737. The van der Waals surface area contributed by atoms with Crippen LogP contribution in [0.15, 0.2) is 18.2 Å². The molecular formula is C16H18N2O4. The maximum atomic E-state index is 11.9. The number of aromatic nitrogens is 2. The topological polar surface area (TPSA) is 70.4 Å². The summed E-state index contributed by atoms with van der Waals surface area (Å²) in [5.41, 5.74) is 1.69. The zero-order chi connectivity index (χ0) is 16.4. The van der Waals surface area contributed by atoms with E-state index < -0.39 is 0 Å². The third-order valence-electron chi connectivity index (χ3n) is 3.42. The predicted molar refractivity (Wildman–Crippen MR) is 81.4 cm³/mol. The first-order valence-electron chi connectivity index (χ1n) is 6.74. The van der Waals surface area contributed by atoms with Crippen LogP contribution in [0.1, 0.15) is 40.4 Å². The molecule has 0 atom stereocenters. The van der Waals surface area contributed by atoms with Crippen molar-refractivity contribution in [2.45, 2.75) is 20.8 Å². The second-order valence-electron chi connectivity index (χ2n) is 4.87. The monoisotopic (exact) mass is 302 g/mol. The molecule has 0 radical (unpaired) electrons. The number of hydrogen-bond donors (Lipinski definition) is 0. The van der Waals surface area contributed by atoms with Crippen LogP contribution in [-0.2, 0) is 0 Å². The summed E-state index contributed by atoms with van der Waals surface area (Å²) < 4.78 is 12.1. The molecule has 0 bridgehead atoms.